The van der Waals surface area contributed by atoms with Crippen LogP contribution in [0, 0.1) is 35.0 Å². The minimum absolute atomic E-state index is 0.0506. The lowest BCUT2D eigenvalue weighted by molar-refractivity contribution is 0.0862. The van der Waals surface area contributed by atoms with E-state index in [0.29, 0.717) is 11.8 Å². The van der Waals surface area contributed by atoms with Crippen LogP contribution in [0.5, 0.6) is 0 Å². The van der Waals surface area contributed by atoms with E-state index >= 15 is 0 Å². The third-order valence-electron chi connectivity index (χ3n) is 9.14. The van der Waals surface area contributed by atoms with Crippen molar-refractivity contribution in [3.05, 3.63) is 47.2 Å². The number of nitriles is 1. The number of ether oxygens (including phenoxy) is 1. The van der Waals surface area contributed by atoms with Crippen molar-refractivity contribution in [2.45, 2.75) is 117 Å². The largest absolute Gasteiger partial charge is 0.501 e. The molecule has 0 radical (unpaired) electrons. The summed E-state index contributed by atoms with van der Waals surface area (Å²) in [6.45, 7) is 13.6. The smallest absolute Gasteiger partial charge is 0.104 e. The molecule has 1 aromatic carbocycles. The number of hydrogen-bond acceptors (Lipinski definition) is 3. The van der Waals surface area contributed by atoms with Gasteiger partial charge in [0, 0.05) is 11.5 Å². The summed E-state index contributed by atoms with van der Waals surface area (Å²) in [4.78, 5) is 0. The minimum Gasteiger partial charge on any atom is -0.501 e. The molecule has 6 atom stereocenters. The Morgan fingerprint density at radius 2 is 1.86 bits per heavy atom. The van der Waals surface area contributed by atoms with E-state index in [1.807, 2.05) is 6.07 Å². The molecule has 3 nitrogen and oxygen atoms in total. The van der Waals surface area contributed by atoms with Crippen LogP contribution in [0.1, 0.15) is 111 Å². The quantitative estimate of drug-likeness (QED) is 0.271. The van der Waals surface area contributed by atoms with Crippen LogP contribution in [-0.4, -0.2) is 12.6 Å². The van der Waals surface area contributed by atoms with Crippen LogP contribution in [0.15, 0.2) is 41.7 Å². The van der Waals surface area contributed by atoms with Crippen LogP contribution in [0.25, 0.3) is 0 Å². The lowest BCUT2D eigenvalue weighted by Crippen LogP contribution is -2.64. The Bertz CT molecular complexity index is 841. The highest BCUT2D eigenvalue weighted by Gasteiger charge is 2.61. The Kier molecular flexibility index (Phi) is 11.4. The number of benzene rings is 1. The van der Waals surface area contributed by atoms with Gasteiger partial charge in [-0.3, -0.25) is 0 Å². The molecule has 4 unspecified atom stereocenters. The van der Waals surface area contributed by atoms with E-state index in [1.165, 1.54) is 31.3 Å². The van der Waals surface area contributed by atoms with Gasteiger partial charge in [0.25, 0.3) is 0 Å². The van der Waals surface area contributed by atoms with Gasteiger partial charge < -0.3 is 10.5 Å². The summed E-state index contributed by atoms with van der Waals surface area (Å²) in [6, 6.07) is 13.4. The SMILES string of the molecule is CCCCC(CC(C)CCC)C(C)C(C#N)(c1ccccc1)[C@@]1(N)CCC[C@@H]1/C(OC)=C(\C)CC. The molecule has 3 heteroatoms. The van der Waals surface area contributed by atoms with Crippen LogP contribution >= 0.6 is 0 Å². The molecule has 0 amide bonds. The normalized spacial score (nSPS) is 25.2. The maximum atomic E-state index is 11.2. The third kappa shape index (κ3) is 5.96. The molecular formula is C32H52N2O. The number of allylic oxidation sites excluding steroid dienone is 1. The molecule has 1 aromatic rings. The van der Waals surface area contributed by atoms with Gasteiger partial charge in [-0.1, -0.05) is 103 Å². The molecule has 35 heavy (non-hydrogen) atoms. The zero-order chi connectivity index (χ0) is 26.1. The highest BCUT2D eigenvalue weighted by Crippen LogP contribution is 2.56. The monoisotopic (exact) mass is 480 g/mol. The maximum Gasteiger partial charge on any atom is 0.104 e. The van der Waals surface area contributed by atoms with Crippen LogP contribution in [0.3, 0.4) is 0 Å². The molecule has 0 heterocycles. The van der Waals surface area contributed by atoms with E-state index in [-0.39, 0.29) is 11.8 Å². The van der Waals surface area contributed by atoms with E-state index < -0.39 is 11.0 Å². The number of hydrogen-bond donors (Lipinski definition) is 1. The molecule has 2 rings (SSSR count). The van der Waals surface area contributed by atoms with Gasteiger partial charge in [-0.25, -0.2) is 0 Å². The Morgan fingerprint density at radius 1 is 1.17 bits per heavy atom. The second kappa shape index (κ2) is 13.5. The fourth-order valence-electron chi connectivity index (χ4n) is 7.10. The molecule has 196 valence electrons. The van der Waals surface area contributed by atoms with Gasteiger partial charge in [0.15, 0.2) is 0 Å². The zero-order valence-electron chi connectivity index (χ0n) is 23.7. The predicted molar refractivity (Wildman–Crippen MR) is 149 cm³/mol. The Hall–Kier alpha value is -1.79. The Balaban J connectivity index is 2.73. The first kappa shape index (κ1) is 29.4. The predicted octanol–water partition coefficient (Wildman–Crippen LogP) is 8.54. The number of methoxy groups -OCH3 is 1. The molecule has 1 aliphatic rings. The number of rotatable bonds is 14. The van der Waals surface area contributed by atoms with Crippen molar-refractivity contribution in [2.24, 2.45) is 29.4 Å². The summed E-state index contributed by atoms with van der Waals surface area (Å²) in [7, 11) is 1.78. The lowest BCUT2D eigenvalue weighted by Gasteiger charge is -2.51. The molecule has 2 N–H and O–H groups in total. The number of nitrogens with zero attached hydrogens (tertiary/aromatic N) is 1. The molecule has 0 aliphatic heterocycles. The van der Waals surface area contributed by atoms with Crippen LogP contribution in [0.4, 0.5) is 0 Å². The Labute approximate surface area is 216 Å². The highest BCUT2D eigenvalue weighted by atomic mass is 16.5. The van der Waals surface area contributed by atoms with E-state index in [1.54, 1.807) is 7.11 Å². The highest BCUT2D eigenvalue weighted by molar-refractivity contribution is 5.43. The van der Waals surface area contributed by atoms with Gasteiger partial charge in [-0.05, 0) is 61.5 Å². The van der Waals surface area contributed by atoms with E-state index in [0.717, 1.165) is 49.8 Å². The first-order valence-electron chi connectivity index (χ1n) is 14.3. The molecular weight excluding hydrogens is 428 g/mol. The van der Waals surface area contributed by atoms with Gasteiger partial charge in [-0.15, -0.1) is 0 Å². The van der Waals surface area contributed by atoms with Crippen LogP contribution in [0.2, 0.25) is 0 Å². The molecule has 1 aliphatic carbocycles. The zero-order valence-corrected chi connectivity index (χ0v) is 23.7. The average Bonchev–Trinajstić information content (AvgIpc) is 3.25. The molecule has 0 saturated heterocycles. The summed E-state index contributed by atoms with van der Waals surface area (Å²) in [5.41, 5.74) is 8.49. The summed E-state index contributed by atoms with van der Waals surface area (Å²) >= 11 is 0. The van der Waals surface area contributed by atoms with Crippen LogP contribution in [-0.2, 0) is 10.2 Å². The van der Waals surface area contributed by atoms with Crippen LogP contribution < -0.4 is 5.73 Å². The molecule has 0 bridgehead atoms. The lowest BCUT2D eigenvalue weighted by atomic mass is 9.52. The molecule has 1 saturated carbocycles. The van der Waals surface area contributed by atoms with E-state index in [4.69, 9.17) is 10.5 Å². The van der Waals surface area contributed by atoms with Gasteiger partial charge in [0.2, 0.25) is 0 Å². The average molecular weight is 481 g/mol. The second-order valence-corrected chi connectivity index (χ2v) is 11.3. The summed E-state index contributed by atoms with van der Waals surface area (Å²) < 4.78 is 6.05. The topological polar surface area (TPSA) is 59.0 Å². The third-order valence-corrected chi connectivity index (χ3v) is 9.14. The number of nitrogens with two attached hydrogens (primary N) is 1. The van der Waals surface area contributed by atoms with Crippen molar-refractivity contribution in [2.75, 3.05) is 7.11 Å². The van der Waals surface area contributed by atoms with Crippen molar-refractivity contribution in [3.8, 4) is 6.07 Å². The van der Waals surface area contributed by atoms with Gasteiger partial charge in [0.05, 0.1) is 18.9 Å². The van der Waals surface area contributed by atoms with Gasteiger partial charge in [-0.2, -0.15) is 5.26 Å². The van der Waals surface area contributed by atoms with E-state index in [2.05, 4.69) is 71.9 Å². The molecule has 0 aromatic heterocycles. The summed E-state index contributed by atoms with van der Waals surface area (Å²) in [5, 5.41) is 11.2. The fourth-order valence-corrected chi connectivity index (χ4v) is 7.10. The first-order valence-corrected chi connectivity index (χ1v) is 14.3. The fraction of sp³-hybridized carbons (Fsp3) is 0.719. The standard InChI is InChI=1S/C32H52N2O/c1-8-11-17-27(22-24(4)16-9-2)26(6)31(23-33,28-18-13-12-14-19-28)32(34)21-15-20-29(32)30(35-7)25(5)10-3/h12-14,18-19,24,26-27,29H,8-11,15-17,20-22,34H2,1-7H3/b30-25-/t24?,26?,27?,29-,31?,32-/m1/s1. The van der Waals surface area contributed by atoms with Crippen molar-refractivity contribution in [1.82, 2.24) is 0 Å². The minimum atomic E-state index is -0.780. The number of unbranched alkanes of at least 4 members (excludes halogenated alkanes) is 1. The van der Waals surface area contributed by atoms with Crippen molar-refractivity contribution in [3.63, 3.8) is 0 Å². The molecule has 0 spiro atoms. The van der Waals surface area contributed by atoms with Gasteiger partial charge >= 0.3 is 0 Å². The summed E-state index contributed by atoms with van der Waals surface area (Å²) in [6.07, 6.45) is 10.9. The van der Waals surface area contributed by atoms with Crippen molar-refractivity contribution in [1.29, 1.82) is 5.26 Å². The van der Waals surface area contributed by atoms with Crippen molar-refractivity contribution >= 4 is 0 Å². The Morgan fingerprint density at radius 3 is 2.40 bits per heavy atom. The first-order chi connectivity index (χ1) is 16.8. The summed E-state index contributed by atoms with van der Waals surface area (Å²) in [5.74, 6) is 2.32. The van der Waals surface area contributed by atoms with E-state index in [9.17, 15) is 5.26 Å². The second-order valence-electron chi connectivity index (χ2n) is 11.3. The maximum absolute atomic E-state index is 11.2. The van der Waals surface area contributed by atoms with Gasteiger partial charge in [0.1, 0.15) is 5.41 Å². The van der Waals surface area contributed by atoms with Crippen molar-refractivity contribution < 1.29 is 4.74 Å². The molecule has 1 fully saturated rings.